The molecule has 8 heteroatoms. The first-order valence-corrected chi connectivity index (χ1v) is 13.1. The van der Waals surface area contributed by atoms with Crippen LogP contribution in [0.5, 0.6) is 0 Å². The van der Waals surface area contributed by atoms with Gasteiger partial charge >= 0.3 is 0 Å². The Balaban J connectivity index is 1.33. The van der Waals surface area contributed by atoms with Gasteiger partial charge in [-0.2, -0.15) is 0 Å². The molecule has 1 amide bonds. The molecule has 0 radical (unpaired) electrons. The highest BCUT2D eigenvalue weighted by molar-refractivity contribution is 7.92. The fourth-order valence-electron chi connectivity index (χ4n) is 3.67. The van der Waals surface area contributed by atoms with Gasteiger partial charge in [0.25, 0.3) is 5.91 Å². The lowest BCUT2D eigenvalue weighted by Gasteiger charge is -2.34. The summed E-state index contributed by atoms with van der Waals surface area (Å²) in [6.07, 6.45) is 0. The summed E-state index contributed by atoms with van der Waals surface area (Å²) >= 11 is 1.65. The molecular weight excluding hydrogens is 442 g/mol. The van der Waals surface area contributed by atoms with E-state index in [0.717, 1.165) is 35.9 Å². The lowest BCUT2D eigenvalue weighted by molar-refractivity contribution is 0.0627. The maximum absolute atomic E-state index is 12.9. The van der Waals surface area contributed by atoms with E-state index in [0.29, 0.717) is 18.7 Å². The van der Waals surface area contributed by atoms with Crippen molar-refractivity contribution in [2.45, 2.75) is 30.5 Å². The van der Waals surface area contributed by atoms with Gasteiger partial charge < -0.3 is 4.90 Å². The number of piperazine rings is 1. The van der Waals surface area contributed by atoms with E-state index in [2.05, 4.69) is 22.4 Å². The van der Waals surface area contributed by atoms with Crippen LogP contribution in [0.3, 0.4) is 0 Å². The predicted octanol–water partition coefficient (Wildman–Crippen LogP) is 3.95. The van der Waals surface area contributed by atoms with Crippen molar-refractivity contribution in [2.75, 3.05) is 26.2 Å². The minimum absolute atomic E-state index is 0.0573. The van der Waals surface area contributed by atoms with Crippen molar-refractivity contribution in [1.29, 1.82) is 0 Å². The summed E-state index contributed by atoms with van der Waals surface area (Å²) < 4.78 is 24.6. The summed E-state index contributed by atoms with van der Waals surface area (Å²) in [7, 11) is -3.33. The van der Waals surface area contributed by atoms with Crippen molar-refractivity contribution >= 4 is 27.1 Å². The van der Waals surface area contributed by atoms with E-state index >= 15 is 0 Å². The Kier molecular flexibility index (Phi) is 6.74. The summed E-state index contributed by atoms with van der Waals surface area (Å²) in [5.74, 6) is -0.0573. The van der Waals surface area contributed by atoms with E-state index in [1.165, 1.54) is 12.1 Å². The molecule has 0 bridgehead atoms. The van der Waals surface area contributed by atoms with Crippen LogP contribution < -0.4 is 0 Å². The molecule has 1 saturated heterocycles. The molecule has 3 aromatic rings. The average molecular weight is 470 g/mol. The van der Waals surface area contributed by atoms with Gasteiger partial charge in [-0.25, -0.2) is 13.4 Å². The highest BCUT2D eigenvalue weighted by Gasteiger charge is 2.24. The fourth-order valence-corrected chi connectivity index (χ4v) is 5.55. The van der Waals surface area contributed by atoms with E-state index < -0.39 is 15.1 Å². The van der Waals surface area contributed by atoms with Crippen LogP contribution in [0.25, 0.3) is 10.6 Å². The van der Waals surface area contributed by atoms with Gasteiger partial charge in [-0.3, -0.25) is 9.69 Å². The summed E-state index contributed by atoms with van der Waals surface area (Å²) in [4.78, 5) is 22.0. The second-order valence-electron chi connectivity index (χ2n) is 8.20. The zero-order valence-corrected chi connectivity index (χ0v) is 19.9. The molecule has 1 aliphatic rings. The minimum atomic E-state index is -3.33. The van der Waals surface area contributed by atoms with Crippen LogP contribution in [0.2, 0.25) is 0 Å². The van der Waals surface area contributed by atoms with Crippen LogP contribution >= 0.6 is 11.3 Å². The Morgan fingerprint density at radius 3 is 2.28 bits per heavy atom. The maximum Gasteiger partial charge on any atom is 0.253 e. The standard InChI is InChI=1S/C24H27N3O3S2/c1-18(2)32(29,30)22-10-8-20(9-11-22)24(28)27-14-12-26(13-15-27)16-21-17-31-23(25-21)19-6-4-3-5-7-19/h3-11,17-18H,12-16H2,1-2H3. The Labute approximate surface area is 193 Å². The van der Waals surface area contributed by atoms with Crippen molar-refractivity contribution < 1.29 is 13.2 Å². The molecular formula is C24H27N3O3S2. The van der Waals surface area contributed by atoms with Crippen LogP contribution in [0, 0.1) is 0 Å². The third kappa shape index (κ3) is 4.92. The molecule has 4 rings (SSSR count). The van der Waals surface area contributed by atoms with Gasteiger partial charge in [-0.1, -0.05) is 30.3 Å². The number of thiazole rings is 1. The second-order valence-corrected chi connectivity index (χ2v) is 11.6. The van der Waals surface area contributed by atoms with E-state index in [9.17, 15) is 13.2 Å². The smallest absolute Gasteiger partial charge is 0.253 e. The highest BCUT2D eigenvalue weighted by Crippen LogP contribution is 2.24. The number of carbonyl (C=O) groups is 1. The molecule has 0 atom stereocenters. The largest absolute Gasteiger partial charge is 0.336 e. The monoisotopic (exact) mass is 469 g/mol. The molecule has 6 nitrogen and oxygen atoms in total. The number of rotatable bonds is 6. The van der Waals surface area contributed by atoms with Gasteiger partial charge in [0, 0.05) is 49.2 Å². The van der Waals surface area contributed by atoms with E-state index in [-0.39, 0.29) is 10.8 Å². The van der Waals surface area contributed by atoms with E-state index in [4.69, 9.17) is 4.98 Å². The Morgan fingerprint density at radius 1 is 1.00 bits per heavy atom. The quantitative estimate of drug-likeness (QED) is 0.547. The van der Waals surface area contributed by atoms with Crippen LogP contribution in [0.1, 0.15) is 29.9 Å². The summed E-state index contributed by atoms with van der Waals surface area (Å²) in [5, 5.41) is 2.64. The lowest BCUT2D eigenvalue weighted by atomic mass is 10.2. The zero-order valence-electron chi connectivity index (χ0n) is 18.3. The van der Waals surface area contributed by atoms with E-state index in [1.54, 1.807) is 37.3 Å². The van der Waals surface area contributed by atoms with Crippen LogP contribution in [0.15, 0.2) is 64.9 Å². The predicted molar refractivity (Wildman–Crippen MR) is 127 cm³/mol. The molecule has 2 heterocycles. The number of amides is 1. The van der Waals surface area contributed by atoms with Gasteiger partial charge in [0.2, 0.25) is 0 Å². The number of hydrogen-bond acceptors (Lipinski definition) is 6. The lowest BCUT2D eigenvalue weighted by Crippen LogP contribution is -2.48. The first-order chi connectivity index (χ1) is 15.3. The molecule has 0 unspecified atom stereocenters. The Morgan fingerprint density at radius 2 is 1.66 bits per heavy atom. The zero-order chi connectivity index (χ0) is 22.7. The molecule has 32 heavy (non-hydrogen) atoms. The topological polar surface area (TPSA) is 70.6 Å². The van der Waals surface area contributed by atoms with Crippen molar-refractivity contribution in [3.63, 3.8) is 0 Å². The Bertz CT molecular complexity index is 1160. The van der Waals surface area contributed by atoms with Crippen LogP contribution in [-0.2, 0) is 16.4 Å². The average Bonchev–Trinajstić information content (AvgIpc) is 3.28. The molecule has 1 aliphatic heterocycles. The minimum Gasteiger partial charge on any atom is -0.336 e. The molecule has 1 aromatic heterocycles. The van der Waals surface area contributed by atoms with Crippen LogP contribution in [0.4, 0.5) is 0 Å². The molecule has 0 spiro atoms. The summed E-state index contributed by atoms with van der Waals surface area (Å²) in [6, 6.07) is 16.5. The SMILES string of the molecule is CC(C)S(=O)(=O)c1ccc(C(=O)N2CCN(Cc3csc(-c4ccccc4)n3)CC2)cc1. The number of carbonyl (C=O) groups excluding carboxylic acids is 1. The third-order valence-corrected chi connectivity index (χ3v) is 8.78. The molecule has 1 fully saturated rings. The van der Waals surface area contributed by atoms with Crippen molar-refractivity contribution in [3.8, 4) is 10.6 Å². The number of aromatic nitrogens is 1. The van der Waals surface area contributed by atoms with Gasteiger partial charge in [0.1, 0.15) is 5.01 Å². The first kappa shape index (κ1) is 22.6. The molecule has 168 valence electrons. The van der Waals surface area contributed by atoms with Gasteiger partial charge in [0.15, 0.2) is 9.84 Å². The number of sulfone groups is 1. The van der Waals surface area contributed by atoms with Crippen LogP contribution in [-0.4, -0.2) is 60.5 Å². The molecule has 0 N–H and O–H groups in total. The normalized spacial score (nSPS) is 15.3. The third-order valence-electron chi connectivity index (χ3n) is 5.67. The maximum atomic E-state index is 12.9. The van der Waals surface area contributed by atoms with Crippen molar-refractivity contribution in [1.82, 2.24) is 14.8 Å². The molecule has 0 saturated carbocycles. The summed E-state index contributed by atoms with van der Waals surface area (Å²) in [5.41, 5.74) is 2.70. The Hall–Kier alpha value is -2.55. The van der Waals surface area contributed by atoms with Crippen molar-refractivity contribution in [2.24, 2.45) is 0 Å². The fraction of sp³-hybridized carbons (Fsp3) is 0.333. The highest BCUT2D eigenvalue weighted by atomic mass is 32.2. The summed E-state index contributed by atoms with van der Waals surface area (Å²) in [6.45, 7) is 6.92. The molecule has 2 aromatic carbocycles. The number of nitrogens with zero attached hydrogens (tertiary/aromatic N) is 3. The van der Waals surface area contributed by atoms with Gasteiger partial charge in [-0.05, 0) is 38.1 Å². The number of benzene rings is 2. The number of hydrogen-bond donors (Lipinski definition) is 0. The second kappa shape index (κ2) is 9.52. The van der Waals surface area contributed by atoms with Crippen molar-refractivity contribution in [3.05, 3.63) is 71.2 Å². The first-order valence-electron chi connectivity index (χ1n) is 10.7. The van der Waals surface area contributed by atoms with Gasteiger partial charge in [-0.15, -0.1) is 11.3 Å². The molecule has 0 aliphatic carbocycles. The van der Waals surface area contributed by atoms with E-state index in [1.807, 2.05) is 23.1 Å². The van der Waals surface area contributed by atoms with Gasteiger partial charge in [0.05, 0.1) is 15.8 Å².